The van der Waals surface area contributed by atoms with E-state index in [1.165, 1.54) is 11.0 Å². The number of ketones is 1. The van der Waals surface area contributed by atoms with Crippen LogP contribution in [0.15, 0.2) is 6.33 Å². The molecule has 0 unspecified atom stereocenters. The zero-order valence-electron chi connectivity index (χ0n) is 10.2. The van der Waals surface area contributed by atoms with E-state index in [1.807, 2.05) is 0 Å². The number of aromatic nitrogens is 3. The Bertz CT molecular complexity index is 423. The molecule has 108 valence electrons. The summed E-state index contributed by atoms with van der Waals surface area (Å²) in [6.45, 7) is 0.144. The first-order valence-corrected chi connectivity index (χ1v) is 5.49. The summed E-state index contributed by atoms with van der Waals surface area (Å²) >= 11 is 0. The molecule has 0 spiro atoms. The Morgan fingerprint density at radius 2 is 2.21 bits per heavy atom. The summed E-state index contributed by atoms with van der Waals surface area (Å²) in [7, 11) is 0. The molecule has 0 aliphatic carbocycles. The van der Waals surface area contributed by atoms with Crippen LogP contribution in [-0.4, -0.2) is 46.1 Å². The third kappa shape index (κ3) is 4.58. The van der Waals surface area contributed by atoms with Gasteiger partial charge in [-0.3, -0.25) is 4.79 Å². The number of alkyl halides is 4. The van der Waals surface area contributed by atoms with Crippen LogP contribution < -0.4 is 0 Å². The zero-order chi connectivity index (χ0) is 14.5. The first-order chi connectivity index (χ1) is 8.86. The molecule has 0 saturated heterocycles. The van der Waals surface area contributed by atoms with Crippen LogP contribution in [0.2, 0.25) is 0 Å². The van der Waals surface area contributed by atoms with Crippen LogP contribution in [-0.2, 0) is 22.5 Å². The summed E-state index contributed by atoms with van der Waals surface area (Å²) in [5, 5.41) is 3.82. The minimum Gasteiger partial charge on any atom is -0.367 e. The molecular weight excluding hydrogens is 270 g/mol. The summed E-state index contributed by atoms with van der Waals surface area (Å²) in [6.07, 6.45) is -2.70. The molecule has 1 aromatic heterocycles. The molecule has 1 aromatic rings. The maximum atomic E-state index is 12.5. The molecule has 0 fully saturated rings. The van der Waals surface area contributed by atoms with E-state index in [9.17, 15) is 22.4 Å². The third-order valence-electron chi connectivity index (χ3n) is 2.23. The minimum absolute atomic E-state index is 0.145. The maximum absolute atomic E-state index is 12.5. The molecule has 0 amide bonds. The van der Waals surface area contributed by atoms with Gasteiger partial charge in [0.05, 0.1) is 6.42 Å². The summed E-state index contributed by atoms with van der Waals surface area (Å²) in [4.78, 5) is 15.2. The van der Waals surface area contributed by atoms with Gasteiger partial charge in [0.2, 0.25) is 0 Å². The molecule has 0 aliphatic heterocycles. The fraction of sp³-hybridized carbons (Fsp3) is 0.700. The molecular formula is C10H13F4N3O2. The molecule has 0 atom stereocenters. The molecule has 19 heavy (non-hydrogen) atoms. The van der Waals surface area contributed by atoms with E-state index >= 15 is 0 Å². The predicted molar refractivity (Wildman–Crippen MR) is 56.2 cm³/mol. The fourth-order valence-electron chi connectivity index (χ4n) is 1.28. The van der Waals surface area contributed by atoms with Gasteiger partial charge in [0.25, 0.3) is 0 Å². The Balaban J connectivity index is 2.37. The minimum atomic E-state index is -4.25. The molecule has 0 N–H and O–H groups in total. The van der Waals surface area contributed by atoms with Gasteiger partial charge >= 0.3 is 12.3 Å². The van der Waals surface area contributed by atoms with E-state index in [0.29, 0.717) is 12.4 Å². The Labute approximate surface area is 106 Å². The number of halogens is 4. The van der Waals surface area contributed by atoms with Crippen LogP contribution in [0.5, 0.6) is 0 Å². The average molecular weight is 283 g/mol. The summed E-state index contributed by atoms with van der Waals surface area (Å²) in [6, 6.07) is 0. The molecule has 1 rings (SSSR count). The number of hydrogen-bond acceptors (Lipinski definition) is 4. The molecule has 5 nitrogen and oxygen atoms in total. The SMILES string of the molecule is CCn1ncnc1CC(=O)COCC(F)(F)C(F)F. The maximum Gasteiger partial charge on any atom is 0.330 e. The highest BCUT2D eigenvalue weighted by Crippen LogP contribution is 2.22. The van der Waals surface area contributed by atoms with E-state index < -0.39 is 31.3 Å². The molecule has 0 aliphatic rings. The van der Waals surface area contributed by atoms with Crippen LogP contribution in [0.3, 0.4) is 0 Å². The van der Waals surface area contributed by atoms with Gasteiger partial charge in [-0.25, -0.2) is 18.4 Å². The molecule has 0 aromatic carbocycles. The van der Waals surface area contributed by atoms with Gasteiger partial charge in [-0.05, 0) is 6.92 Å². The van der Waals surface area contributed by atoms with Gasteiger partial charge in [-0.2, -0.15) is 13.9 Å². The topological polar surface area (TPSA) is 57.0 Å². The molecule has 0 bridgehead atoms. The summed E-state index contributed by atoms with van der Waals surface area (Å²) < 4.78 is 54.3. The van der Waals surface area contributed by atoms with Crippen LogP contribution in [0.1, 0.15) is 12.7 Å². The van der Waals surface area contributed by atoms with Crippen molar-refractivity contribution >= 4 is 5.78 Å². The van der Waals surface area contributed by atoms with E-state index in [-0.39, 0.29) is 6.42 Å². The van der Waals surface area contributed by atoms with Crippen molar-refractivity contribution in [3.8, 4) is 0 Å². The lowest BCUT2D eigenvalue weighted by molar-refractivity contribution is -0.168. The Hall–Kier alpha value is -1.51. The lowest BCUT2D eigenvalue weighted by atomic mass is 10.3. The normalized spacial score (nSPS) is 12.1. The highest BCUT2D eigenvalue weighted by molar-refractivity contribution is 5.81. The quantitative estimate of drug-likeness (QED) is 0.675. The number of Topliss-reactive ketones (excluding diaryl/α,β-unsaturated/α-hetero) is 1. The van der Waals surface area contributed by atoms with Crippen molar-refractivity contribution in [1.82, 2.24) is 14.8 Å². The number of carbonyl (C=O) groups excluding carboxylic acids is 1. The fourth-order valence-corrected chi connectivity index (χ4v) is 1.28. The Morgan fingerprint density at radius 1 is 1.53 bits per heavy atom. The van der Waals surface area contributed by atoms with E-state index in [0.717, 1.165) is 0 Å². The third-order valence-corrected chi connectivity index (χ3v) is 2.23. The molecule has 1 heterocycles. The van der Waals surface area contributed by atoms with Crippen LogP contribution in [0, 0.1) is 0 Å². The second kappa shape index (κ2) is 6.60. The first-order valence-electron chi connectivity index (χ1n) is 5.49. The van der Waals surface area contributed by atoms with Crippen molar-refractivity contribution in [3.05, 3.63) is 12.2 Å². The van der Waals surface area contributed by atoms with Gasteiger partial charge in [0.1, 0.15) is 25.4 Å². The van der Waals surface area contributed by atoms with Crippen LogP contribution in [0.25, 0.3) is 0 Å². The standard InChI is InChI=1S/C10H13F4N3O2/c1-2-17-8(15-6-16-17)3-7(18)4-19-5-10(13,14)9(11)12/h6,9H,2-5H2,1H3. The first kappa shape index (κ1) is 15.5. The highest BCUT2D eigenvalue weighted by atomic mass is 19.3. The molecule has 0 saturated carbocycles. The zero-order valence-corrected chi connectivity index (χ0v) is 10.2. The second-order valence-electron chi connectivity index (χ2n) is 3.76. The number of hydrogen-bond donors (Lipinski definition) is 0. The largest absolute Gasteiger partial charge is 0.367 e. The van der Waals surface area contributed by atoms with Crippen LogP contribution in [0.4, 0.5) is 17.6 Å². The Morgan fingerprint density at radius 3 is 2.79 bits per heavy atom. The predicted octanol–water partition coefficient (Wildman–Crippen LogP) is 1.33. The van der Waals surface area contributed by atoms with E-state index in [1.54, 1.807) is 6.92 Å². The smallest absolute Gasteiger partial charge is 0.330 e. The van der Waals surface area contributed by atoms with Crippen molar-refractivity contribution in [2.24, 2.45) is 0 Å². The lowest BCUT2D eigenvalue weighted by Crippen LogP contribution is -2.33. The lowest BCUT2D eigenvalue weighted by Gasteiger charge is -2.14. The van der Waals surface area contributed by atoms with Crippen LogP contribution >= 0.6 is 0 Å². The molecule has 0 radical (unpaired) electrons. The van der Waals surface area contributed by atoms with E-state index in [2.05, 4.69) is 14.8 Å². The van der Waals surface area contributed by atoms with Gasteiger partial charge < -0.3 is 4.74 Å². The number of rotatable bonds is 8. The van der Waals surface area contributed by atoms with Gasteiger partial charge in [-0.1, -0.05) is 0 Å². The summed E-state index contributed by atoms with van der Waals surface area (Å²) in [5.74, 6) is -4.41. The van der Waals surface area contributed by atoms with Crippen molar-refractivity contribution in [3.63, 3.8) is 0 Å². The number of aryl methyl sites for hydroxylation is 1. The Kier molecular flexibility index (Phi) is 5.40. The number of nitrogens with zero attached hydrogens (tertiary/aromatic N) is 3. The van der Waals surface area contributed by atoms with Gasteiger partial charge in [0, 0.05) is 6.54 Å². The highest BCUT2D eigenvalue weighted by Gasteiger charge is 2.41. The second-order valence-corrected chi connectivity index (χ2v) is 3.76. The summed E-state index contributed by atoms with van der Waals surface area (Å²) in [5.41, 5.74) is 0. The average Bonchev–Trinajstić information content (AvgIpc) is 2.75. The van der Waals surface area contributed by atoms with Gasteiger partial charge in [-0.15, -0.1) is 0 Å². The molecule has 9 heteroatoms. The number of ether oxygens (including phenoxy) is 1. The monoisotopic (exact) mass is 283 g/mol. The van der Waals surface area contributed by atoms with Crippen molar-refractivity contribution in [1.29, 1.82) is 0 Å². The number of carbonyl (C=O) groups is 1. The van der Waals surface area contributed by atoms with Crippen molar-refractivity contribution in [2.75, 3.05) is 13.2 Å². The van der Waals surface area contributed by atoms with Crippen molar-refractivity contribution < 1.29 is 27.1 Å². The van der Waals surface area contributed by atoms with E-state index in [4.69, 9.17) is 0 Å². The van der Waals surface area contributed by atoms with Crippen molar-refractivity contribution in [2.45, 2.75) is 32.2 Å². The van der Waals surface area contributed by atoms with Gasteiger partial charge in [0.15, 0.2) is 5.78 Å².